The fraction of sp³-hybridized carbons (Fsp3) is 0.706. The minimum atomic E-state index is 0.382. The zero-order valence-electron chi connectivity index (χ0n) is 13.2. The van der Waals surface area contributed by atoms with Gasteiger partial charge in [0, 0.05) is 25.7 Å². The zero-order valence-corrected chi connectivity index (χ0v) is 13.2. The number of anilines is 2. The summed E-state index contributed by atoms with van der Waals surface area (Å²) < 4.78 is 5.83. The molecular formula is C17H27N3O. The van der Waals surface area contributed by atoms with Crippen LogP contribution < -0.4 is 10.2 Å². The molecule has 0 aromatic carbocycles. The molecular weight excluding hydrogens is 262 g/mol. The quantitative estimate of drug-likeness (QED) is 0.923. The average Bonchev–Trinajstić information content (AvgIpc) is 3.02. The van der Waals surface area contributed by atoms with Gasteiger partial charge in [0.1, 0.15) is 5.82 Å². The summed E-state index contributed by atoms with van der Waals surface area (Å²) in [4.78, 5) is 6.98. The SMILES string of the molecule is CC(C)C1CC(Nc2ccc(N3CCCC3)nc2)CCO1. The Hall–Kier alpha value is -1.29. The molecule has 4 heteroatoms. The van der Waals surface area contributed by atoms with Crippen molar-refractivity contribution in [1.82, 2.24) is 4.98 Å². The molecule has 2 atom stereocenters. The summed E-state index contributed by atoms with van der Waals surface area (Å²) in [5.41, 5.74) is 1.13. The van der Waals surface area contributed by atoms with Gasteiger partial charge in [-0.3, -0.25) is 0 Å². The van der Waals surface area contributed by atoms with Crippen LogP contribution in [0.25, 0.3) is 0 Å². The molecule has 2 fully saturated rings. The van der Waals surface area contributed by atoms with E-state index in [1.807, 2.05) is 6.20 Å². The molecule has 1 aromatic rings. The highest BCUT2D eigenvalue weighted by atomic mass is 16.5. The highest BCUT2D eigenvalue weighted by Gasteiger charge is 2.24. The molecule has 2 aliphatic heterocycles. The van der Waals surface area contributed by atoms with Gasteiger partial charge in [-0.15, -0.1) is 0 Å². The Morgan fingerprint density at radius 3 is 2.76 bits per heavy atom. The first-order valence-electron chi connectivity index (χ1n) is 8.31. The van der Waals surface area contributed by atoms with E-state index in [-0.39, 0.29) is 0 Å². The Kier molecular flexibility index (Phi) is 4.63. The Morgan fingerprint density at radius 1 is 1.29 bits per heavy atom. The highest BCUT2D eigenvalue weighted by molar-refractivity contribution is 5.49. The van der Waals surface area contributed by atoms with Crippen molar-refractivity contribution in [3.05, 3.63) is 18.3 Å². The maximum atomic E-state index is 5.83. The number of hydrogen-bond acceptors (Lipinski definition) is 4. The number of hydrogen-bond donors (Lipinski definition) is 1. The topological polar surface area (TPSA) is 37.4 Å². The lowest BCUT2D eigenvalue weighted by Crippen LogP contribution is -2.36. The second-order valence-corrected chi connectivity index (χ2v) is 6.62. The number of ether oxygens (including phenoxy) is 1. The third kappa shape index (κ3) is 3.67. The van der Waals surface area contributed by atoms with Gasteiger partial charge in [0.15, 0.2) is 0 Å². The van der Waals surface area contributed by atoms with Crippen LogP contribution in [0.5, 0.6) is 0 Å². The molecule has 0 amide bonds. The Bertz CT molecular complexity index is 440. The average molecular weight is 289 g/mol. The molecule has 4 nitrogen and oxygen atoms in total. The van der Waals surface area contributed by atoms with Crippen molar-refractivity contribution >= 4 is 11.5 Å². The van der Waals surface area contributed by atoms with Crippen LogP contribution in [-0.2, 0) is 4.74 Å². The largest absolute Gasteiger partial charge is 0.381 e. The molecule has 21 heavy (non-hydrogen) atoms. The molecule has 0 saturated carbocycles. The van der Waals surface area contributed by atoms with E-state index in [4.69, 9.17) is 4.74 Å². The van der Waals surface area contributed by atoms with Gasteiger partial charge in [-0.1, -0.05) is 13.8 Å². The summed E-state index contributed by atoms with van der Waals surface area (Å²) in [5, 5.41) is 3.62. The third-order valence-electron chi connectivity index (χ3n) is 4.61. The first kappa shape index (κ1) is 14.6. The number of rotatable bonds is 4. The highest BCUT2D eigenvalue weighted by Crippen LogP contribution is 2.24. The van der Waals surface area contributed by atoms with Crippen molar-refractivity contribution < 1.29 is 4.74 Å². The van der Waals surface area contributed by atoms with E-state index in [1.165, 1.54) is 12.8 Å². The van der Waals surface area contributed by atoms with Gasteiger partial charge < -0.3 is 15.0 Å². The van der Waals surface area contributed by atoms with Crippen molar-refractivity contribution in [2.75, 3.05) is 29.9 Å². The minimum Gasteiger partial charge on any atom is -0.381 e. The number of aromatic nitrogens is 1. The van der Waals surface area contributed by atoms with Crippen LogP contribution >= 0.6 is 0 Å². The molecule has 0 spiro atoms. The van der Waals surface area contributed by atoms with E-state index in [2.05, 4.69) is 41.2 Å². The van der Waals surface area contributed by atoms with Gasteiger partial charge in [-0.05, 0) is 43.7 Å². The van der Waals surface area contributed by atoms with Crippen molar-refractivity contribution in [1.29, 1.82) is 0 Å². The molecule has 0 bridgehead atoms. The van der Waals surface area contributed by atoms with E-state index >= 15 is 0 Å². The second kappa shape index (κ2) is 6.65. The number of nitrogens with zero attached hydrogens (tertiary/aromatic N) is 2. The summed E-state index contributed by atoms with van der Waals surface area (Å²) in [5.74, 6) is 1.70. The Labute approximate surface area is 127 Å². The monoisotopic (exact) mass is 289 g/mol. The summed E-state index contributed by atoms with van der Waals surface area (Å²) >= 11 is 0. The van der Waals surface area contributed by atoms with E-state index < -0.39 is 0 Å². The maximum absolute atomic E-state index is 5.83. The van der Waals surface area contributed by atoms with Gasteiger partial charge in [0.25, 0.3) is 0 Å². The van der Waals surface area contributed by atoms with Gasteiger partial charge >= 0.3 is 0 Å². The minimum absolute atomic E-state index is 0.382. The molecule has 0 radical (unpaired) electrons. The second-order valence-electron chi connectivity index (χ2n) is 6.62. The molecule has 2 unspecified atom stereocenters. The molecule has 0 aliphatic carbocycles. The molecule has 116 valence electrons. The molecule has 3 heterocycles. The predicted octanol–water partition coefficient (Wildman–Crippen LogP) is 3.30. The van der Waals surface area contributed by atoms with E-state index in [0.29, 0.717) is 18.1 Å². The fourth-order valence-electron chi connectivity index (χ4n) is 3.26. The van der Waals surface area contributed by atoms with Crippen LogP contribution in [0.1, 0.15) is 39.5 Å². The maximum Gasteiger partial charge on any atom is 0.128 e. The van der Waals surface area contributed by atoms with Crippen molar-refractivity contribution in [2.45, 2.75) is 51.7 Å². The summed E-state index contributed by atoms with van der Waals surface area (Å²) in [6.07, 6.45) is 7.12. The van der Waals surface area contributed by atoms with E-state index in [0.717, 1.165) is 44.0 Å². The van der Waals surface area contributed by atoms with Gasteiger partial charge in [0.2, 0.25) is 0 Å². The summed E-state index contributed by atoms with van der Waals surface area (Å²) in [6, 6.07) is 4.82. The lowest BCUT2D eigenvalue weighted by Gasteiger charge is -2.32. The van der Waals surface area contributed by atoms with E-state index in [9.17, 15) is 0 Å². The molecule has 3 rings (SSSR count). The predicted molar refractivity (Wildman–Crippen MR) is 86.9 cm³/mol. The smallest absolute Gasteiger partial charge is 0.128 e. The Balaban J connectivity index is 1.57. The van der Waals surface area contributed by atoms with Gasteiger partial charge in [-0.25, -0.2) is 4.98 Å². The molecule has 2 aliphatic rings. The van der Waals surface area contributed by atoms with Crippen LogP contribution in [0.3, 0.4) is 0 Å². The van der Waals surface area contributed by atoms with Crippen LogP contribution in [0.4, 0.5) is 11.5 Å². The van der Waals surface area contributed by atoms with Crippen LogP contribution in [0, 0.1) is 5.92 Å². The summed E-state index contributed by atoms with van der Waals surface area (Å²) in [6.45, 7) is 7.63. The van der Waals surface area contributed by atoms with E-state index in [1.54, 1.807) is 0 Å². The lowest BCUT2D eigenvalue weighted by molar-refractivity contribution is -0.0160. The normalized spacial score (nSPS) is 26.3. The fourth-order valence-corrected chi connectivity index (χ4v) is 3.26. The first-order valence-corrected chi connectivity index (χ1v) is 8.31. The van der Waals surface area contributed by atoms with Crippen LogP contribution in [-0.4, -0.2) is 36.8 Å². The molecule has 2 saturated heterocycles. The van der Waals surface area contributed by atoms with Gasteiger partial charge in [-0.2, -0.15) is 0 Å². The molecule has 1 aromatic heterocycles. The Morgan fingerprint density at radius 2 is 2.10 bits per heavy atom. The summed E-state index contributed by atoms with van der Waals surface area (Å²) in [7, 11) is 0. The van der Waals surface area contributed by atoms with Crippen molar-refractivity contribution in [3.8, 4) is 0 Å². The molecule has 1 N–H and O–H groups in total. The van der Waals surface area contributed by atoms with Crippen LogP contribution in [0.2, 0.25) is 0 Å². The number of pyridine rings is 1. The first-order chi connectivity index (χ1) is 10.2. The van der Waals surface area contributed by atoms with Crippen molar-refractivity contribution in [3.63, 3.8) is 0 Å². The standard InChI is InChI=1S/C17H27N3O/c1-13(2)16-11-14(7-10-21-16)19-15-5-6-17(18-12-15)20-8-3-4-9-20/h5-6,12-14,16,19H,3-4,7-11H2,1-2H3. The third-order valence-corrected chi connectivity index (χ3v) is 4.61. The van der Waals surface area contributed by atoms with Crippen molar-refractivity contribution in [2.24, 2.45) is 5.92 Å². The lowest BCUT2D eigenvalue weighted by atomic mass is 9.95. The van der Waals surface area contributed by atoms with Gasteiger partial charge in [0.05, 0.1) is 18.0 Å². The number of nitrogens with one attached hydrogen (secondary N) is 1. The van der Waals surface area contributed by atoms with Crippen LogP contribution in [0.15, 0.2) is 18.3 Å². The zero-order chi connectivity index (χ0) is 14.7.